The Bertz CT molecular complexity index is 740. The van der Waals surface area contributed by atoms with Gasteiger partial charge in [-0.2, -0.15) is 15.0 Å². The summed E-state index contributed by atoms with van der Waals surface area (Å²) in [6.45, 7) is 4.96. The smallest absolute Gasteiger partial charge is 0.230 e. The van der Waals surface area contributed by atoms with E-state index >= 15 is 0 Å². The number of nitrogens with zero attached hydrogens (tertiary/aromatic N) is 6. The monoisotopic (exact) mass is 355 g/mol. The van der Waals surface area contributed by atoms with E-state index in [1.54, 1.807) is 6.20 Å². The Morgan fingerprint density at radius 1 is 0.846 bits per heavy atom. The molecule has 8 heteroatoms. The zero-order valence-electron chi connectivity index (χ0n) is 15.0. The summed E-state index contributed by atoms with van der Waals surface area (Å²) in [6, 6.07) is 3.70. The molecule has 2 fully saturated rings. The SMILES string of the molecule is Nc1cc(-c2nc(N3CCCCCC3)nc(N3CCOCC3)n2)ccn1. The number of pyridine rings is 1. The Morgan fingerprint density at radius 2 is 1.50 bits per heavy atom. The van der Waals surface area contributed by atoms with E-state index in [1.165, 1.54) is 25.7 Å². The minimum atomic E-state index is 0.465. The number of aromatic nitrogens is 4. The van der Waals surface area contributed by atoms with Crippen LogP contribution in [0, 0.1) is 0 Å². The molecular formula is C18H25N7O. The summed E-state index contributed by atoms with van der Waals surface area (Å²) >= 11 is 0. The molecule has 2 saturated heterocycles. The number of hydrogen-bond acceptors (Lipinski definition) is 8. The number of anilines is 3. The second-order valence-corrected chi connectivity index (χ2v) is 6.73. The Kier molecular flexibility index (Phi) is 5.10. The van der Waals surface area contributed by atoms with E-state index < -0.39 is 0 Å². The normalized spacial score (nSPS) is 18.6. The molecule has 0 aliphatic carbocycles. The van der Waals surface area contributed by atoms with Gasteiger partial charge in [0.05, 0.1) is 13.2 Å². The van der Waals surface area contributed by atoms with Crippen molar-refractivity contribution in [1.29, 1.82) is 0 Å². The first-order valence-corrected chi connectivity index (χ1v) is 9.35. The lowest BCUT2D eigenvalue weighted by Gasteiger charge is -2.28. The van der Waals surface area contributed by atoms with Crippen molar-refractivity contribution in [1.82, 2.24) is 19.9 Å². The molecule has 4 heterocycles. The first-order valence-electron chi connectivity index (χ1n) is 9.35. The molecule has 138 valence electrons. The molecular weight excluding hydrogens is 330 g/mol. The number of nitrogens with two attached hydrogens (primary N) is 1. The summed E-state index contributed by atoms with van der Waals surface area (Å²) in [7, 11) is 0. The van der Waals surface area contributed by atoms with Crippen molar-refractivity contribution in [2.24, 2.45) is 0 Å². The van der Waals surface area contributed by atoms with Gasteiger partial charge in [-0.15, -0.1) is 0 Å². The fraction of sp³-hybridized carbons (Fsp3) is 0.556. The molecule has 4 rings (SSSR count). The standard InChI is InChI=1S/C18H25N7O/c19-15-13-14(5-6-20-15)16-21-17(24-7-3-1-2-4-8-24)23-18(22-16)25-9-11-26-12-10-25/h5-6,13H,1-4,7-12H2,(H2,19,20). The summed E-state index contributed by atoms with van der Waals surface area (Å²) in [4.78, 5) is 22.8. The molecule has 2 N–H and O–H groups in total. The van der Waals surface area contributed by atoms with Crippen molar-refractivity contribution >= 4 is 17.7 Å². The van der Waals surface area contributed by atoms with Crippen LogP contribution in [0.4, 0.5) is 17.7 Å². The van der Waals surface area contributed by atoms with Crippen molar-refractivity contribution in [2.75, 3.05) is 54.9 Å². The summed E-state index contributed by atoms with van der Waals surface area (Å²) in [6.07, 6.45) is 6.58. The van der Waals surface area contributed by atoms with Crippen LogP contribution in [0.2, 0.25) is 0 Å². The Labute approximate surface area is 153 Å². The topological polar surface area (TPSA) is 93.3 Å². The molecule has 26 heavy (non-hydrogen) atoms. The third-order valence-electron chi connectivity index (χ3n) is 4.83. The van der Waals surface area contributed by atoms with Crippen LogP contribution in [-0.4, -0.2) is 59.3 Å². The van der Waals surface area contributed by atoms with E-state index in [-0.39, 0.29) is 0 Å². The first-order chi connectivity index (χ1) is 12.8. The van der Waals surface area contributed by atoms with Crippen molar-refractivity contribution in [3.05, 3.63) is 18.3 Å². The predicted octanol–water partition coefficient (Wildman–Crippen LogP) is 1.73. The van der Waals surface area contributed by atoms with Gasteiger partial charge in [0.25, 0.3) is 0 Å². The molecule has 0 bridgehead atoms. The van der Waals surface area contributed by atoms with Gasteiger partial charge in [-0.05, 0) is 25.0 Å². The highest BCUT2D eigenvalue weighted by Crippen LogP contribution is 2.24. The predicted molar refractivity (Wildman–Crippen MR) is 101 cm³/mol. The van der Waals surface area contributed by atoms with Crippen molar-refractivity contribution in [3.63, 3.8) is 0 Å². The highest BCUT2D eigenvalue weighted by Gasteiger charge is 2.20. The molecule has 0 amide bonds. The van der Waals surface area contributed by atoms with Crippen LogP contribution < -0.4 is 15.5 Å². The zero-order valence-corrected chi connectivity index (χ0v) is 15.0. The minimum Gasteiger partial charge on any atom is -0.384 e. The maximum atomic E-state index is 5.86. The summed E-state index contributed by atoms with van der Waals surface area (Å²) < 4.78 is 5.47. The molecule has 8 nitrogen and oxygen atoms in total. The van der Waals surface area contributed by atoms with E-state index in [0.717, 1.165) is 37.7 Å². The third-order valence-corrected chi connectivity index (χ3v) is 4.83. The van der Waals surface area contributed by atoms with Crippen molar-refractivity contribution in [2.45, 2.75) is 25.7 Å². The molecule has 0 atom stereocenters. The maximum absolute atomic E-state index is 5.86. The first kappa shape index (κ1) is 17.0. The Morgan fingerprint density at radius 3 is 2.15 bits per heavy atom. The number of hydrogen-bond donors (Lipinski definition) is 1. The van der Waals surface area contributed by atoms with Gasteiger partial charge < -0.3 is 20.3 Å². The van der Waals surface area contributed by atoms with E-state index in [4.69, 9.17) is 25.4 Å². The second kappa shape index (κ2) is 7.82. The lowest BCUT2D eigenvalue weighted by Crippen LogP contribution is -2.38. The summed E-state index contributed by atoms with van der Waals surface area (Å²) in [5, 5.41) is 0. The summed E-state index contributed by atoms with van der Waals surface area (Å²) in [5.74, 6) is 2.59. The average molecular weight is 355 g/mol. The van der Waals surface area contributed by atoms with Crippen LogP contribution in [0.15, 0.2) is 18.3 Å². The fourth-order valence-electron chi connectivity index (χ4n) is 3.39. The van der Waals surface area contributed by atoms with Crippen LogP contribution in [0.5, 0.6) is 0 Å². The van der Waals surface area contributed by atoms with Crippen LogP contribution in [0.3, 0.4) is 0 Å². The van der Waals surface area contributed by atoms with Crippen LogP contribution in [0.1, 0.15) is 25.7 Å². The Hall–Kier alpha value is -2.48. The molecule has 2 aromatic rings. The quantitative estimate of drug-likeness (QED) is 0.890. The van der Waals surface area contributed by atoms with Gasteiger partial charge in [0.2, 0.25) is 11.9 Å². The van der Waals surface area contributed by atoms with Gasteiger partial charge in [-0.25, -0.2) is 4.98 Å². The van der Waals surface area contributed by atoms with Crippen LogP contribution in [-0.2, 0) is 4.74 Å². The van der Waals surface area contributed by atoms with E-state index in [0.29, 0.717) is 30.8 Å². The second-order valence-electron chi connectivity index (χ2n) is 6.73. The molecule has 0 saturated carbocycles. The average Bonchev–Trinajstić information content (AvgIpc) is 2.98. The number of ether oxygens (including phenoxy) is 1. The molecule has 2 aliphatic rings. The van der Waals surface area contributed by atoms with E-state index in [9.17, 15) is 0 Å². The largest absolute Gasteiger partial charge is 0.384 e. The van der Waals surface area contributed by atoms with Gasteiger partial charge in [-0.1, -0.05) is 12.8 Å². The maximum Gasteiger partial charge on any atom is 0.230 e. The molecule has 0 aromatic carbocycles. The van der Waals surface area contributed by atoms with Gasteiger partial charge >= 0.3 is 0 Å². The van der Waals surface area contributed by atoms with Crippen molar-refractivity contribution < 1.29 is 4.74 Å². The highest BCUT2D eigenvalue weighted by molar-refractivity contribution is 5.61. The van der Waals surface area contributed by atoms with E-state index in [2.05, 4.69) is 14.8 Å². The lowest BCUT2D eigenvalue weighted by molar-refractivity contribution is 0.122. The molecule has 2 aliphatic heterocycles. The van der Waals surface area contributed by atoms with Gasteiger partial charge in [0.15, 0.2) is 5.82 Å². The minimum absolute atomic E-state index is 0.465. The zero-order chi connectivity index (χ0) is 17.8. The third kappa shape index (κ3) is 3.85. The number of nitrogen functional groups attached to an aromatic ring is 1. The number of rotatable bonds is 3. The van der Waals surface area contributed by atoms with Crippen LogP contribution in [0.25, 0.3) is 11.4 Å². The van der Waals surface area contributed by atoms with Crippen LogP contribution >= 0.6 is 0 Å². The van der Waals surface area contributed by atoms with Gasteiger partial charge in [0, 0.05) is 37.9 Å². The Balaban J connectivity index is 1.73. The summed E-state index contributed by atoms with van der Waals surface area (Å²) in [5.41, 5.74) is 6.72. The van der Waals surface area contributed by atoms with Gasteiger partial charge in [0.1, 0.15) is 5.82 Å². The molecule has 0 spiro atoms. The van der Waals surface area contributed by atoms with Crippen molar-refractivity contribution in [3.8, 4) is 11.4 Å². The van der Waals surface area contributed by atoms with Gasteiger partial charge in [-0.3, -0.25) is 0 Å². The number of morpholine rings is 1. The molecule has 0 radical (unpaired) electrons. The molecule has 2 aromatic heterocycles. The lowest BCUT2D eigenvalue weighted by atomic mass is 10.2. The van der Waals surface area contributed by atoms with E-state index in [1.807, 2.05) is 12.1 Å². The molecule has 0 unspecified atom stereocenters. The fourth-order valence-corrected chi connectivity index (χ4v) is 3.39. The highest BCUT2D eigenvalue weighted by atomic mass is 16.5.